The van der Waals surface area contributed by atoms with Gasteiger partial charge in [0.25, 0.3) is 0 Å². The first-order chi connectivity index (χ1) is 5.15. The summed E-state index contributed by atoms with van der Waals surface area (Å²) in [6, 6.07) is 1.59. The van der Waals surface area contributed by atoms with Crippen LogP contribution in [0.2, 0.25) is 5.15 Å². The minimum absolute atomic E-state index is 0.324. The summed E-state index contributed by atoms with van der Waals surface area (Å²) in [6.07, 6.45) is 1.06. The van der Waals surface area contributed by atoms with Crippen molar-refractivity contribution in [1.82, 2.24) is 4.98 Å². The summed E-state index contributed by atoms with van der Waals surface area (Å²) in [5.74, 6) is 0. The third kappa shape index (κ3) is 1.70. The Morgan fingerprint density at radius 1 is 1.73 bits per heavy atom. The van der Waals surface area contributed by atoms with E-state index in [2.05, 4.69) is 20.9 Å². The van der Waals surface area contributed by atoms with Crippen LogP contribution in [-0.2, 0) is 0 Å². The fourth-order valence-corrected chi connectivity index (χ4v) is 1.37. The van der Waals surface area contributed by atoms with Gasteiger partial charge in [-0.15, -0.1) is 0 Å². The lowest BCUT2D eigenvalue weighted by molar-refractivity contribution is 1.29. The van der Waals surface area contributed by atoms with Gasteiger partial charge >= 0.3 is 0 Å². The van der Waals surface area contributed by atoms with Crippen LogP contribution in [0.4, 0.5) is 5.69 Å². The number of halogens is 2. The van der Waals surface area contributed by atoms with E-state index in [1.165, 1.54) is 0 Å². The van der Waals surface area contributed by atoms with Crippen molar-refractivity contribution < 1.29 is 0 Å². The summed E-state index contributed by atoms with van der Waals surface area (Å²) >= 11 is 8.79. The molecule has 5 heteroatoms. The lowest BCUT2D eigenvalue weighted by Crippen LogP contribution is -1.97. The quantitative estimate of drug-likeness (QED) is 0.577. The standard InChI is InChI=1S/C6H5BrClN3/c7-3-1-5(8)11-4(2-9)6(3)10/h1-2,9H,10H2. The van der Waals surface area contributed by atoms with E-state index in [4.69, 9.17) is 22.7 Å². The molecule has 0 fully saturated rings. The second-order valence-electron chi connectivity index (χ2n) is 1.87. The molecule has 0 aliphatic heterocycles. The maximum atomic E-state index is 6.93. The highest BCUT2D eigenvalue weighted by atomic mass is 79.9. The fraction of sp³-hybridized carbons (Fsp3) is 0. The largest absolute Gasteiger partial charge is 0.396 e. The highest BCUT2D eigenvalue weighted by Gasteiger charge is 2.03. The van der Waals surface area contributed by atoms with Crippen molar-refractivity contribution in [2.45, 2.75) is 0 Å². The van der Waals surface area contributed by atoms with E-state index in [1.807, 2.05) is 0 Å². The Morgan fingerprint density at radius 2 is 2.36 bits per heavy atom. The Kier molecular flexibility index (Phi) is 2.46. The van der Waals surface area contributed by atoms with Gasteiger partial charge < -0.3 is 11.1 Å². The zero-order valence-electron chi connectivity index (χ0n) is 5.44. The van der Waals surface area contributed by atoms with E-state index in [0.29, 0.717) is 21.0 Å². The van der Waals surface area contributed by atoms with Gasteiger partial charge in [-0.25, -0.2) is 4.98 Å². The molecule has 0 aliphatic carbocycles. The van der Waals surface area contributed by atoms with Gasteiger partial charge in [-0.2, -0.15) is 0 Å². The molecule has 0 aliphatic rings. The van der Waals surface area contributed by atoms with Crippen LogP contribution in [0, 0.1) is 5.41 Å². The van der Waals surface area contributed by atoms with Crippen LogP contribution >= 0.6 is 27.5 Å². The Labute approximate surface area is 77.2 Å². The van der Waals surface area contributed by atoms with Crippen LogP contribution < -0.4 is 5.73 Å². The van der Waals surface area contributed by atoms with Crippen molar-refractivity contribution in [2.75, 3.05) is 5.73 Å². The number of nitrogens with two attached hydrogens (primary N) is 1. The number of pyridine rings is 1. The van der Waals surface area contributed by atoms with Crippen molar-refractivity contribution in [3.8, 4) is 0 Å². The number of aromatic nitrogens is 1. The average Bonchev–Trinajstić information content (AvgIpc) is 1.96. The number of nitrogen functional groups attached to an aromatic ring is 1. The third-order valence-corrected chi connectivity index (χ3v) is 1.99. The molecule has 0 spiro atoms. The minimum atomic E-state index is 0.324. The lowest BCUT2D eigenvalue weighted by Gasteiger charge is -2.01. The van der Waals surface area contributed by atoms with Crippen LogP contribution in [0.3, 0.4) is 0 Å². The van der Waals surface area contributed by atoms with E-state index in [9.17, 15) is 0 Å². The molecule has 0 saturated carbocycles. The minimum Gasteiger partial charge on any atom is -0.396 e. The first kappa shape index (κ1) is 8.49. The van der Waals surface area contributed by atoms with Crippen LogP contribution in [0.15, 0.2) is 10.5 Å². The predicted molar refractivity (Wildman–Crippen MR) is 49.2 cm³/mol. The molecule has 1 heterocycles. The second kappa shape index (κ2) is 3.19. The van der Waals surface area contributed by atoms with Gasteiger partial charge in [-0.1, -0.05) is 11.6 Å². The number of anilines is 1. The average molecular weight is 234 g/mol. The molecule has 3 N–H and O–H groups in total. The molecule has 1 aromatic rings. The van der Waals surface area contributed by atoms with Gasteiger partial charge in [0, 0.05) is 10.7 Å². The molecular formula is C6H5BrClN3. The number of hydrogen-bond donors (Lipinski definition) is 2. The maximum Gasteiger partial charge on any atom is 0.131 e. The van der Waals surface area contributed by atoms with Gasteiger partial charge in [0.1, 0.15) is 10.8 Å². The zero-order chi connectivity index (χ0) is 8.43. The summed E-state index contributed by atoms with van der Waals surface area (Å²) in [4.78, 5) is 3.82. The maximum absolute atomic E-state index is 6.93. The summed E-state index contributed by atoms with van der Waals surface area (Å²) in [5.41, 5.74) is 6.36. The molecule has 58 valence electrons. The monoisotopic (exact) mass is 233 g/mol. The van der Waals surface area contributed by atoms with Gasteiger partial charge in [0.05, 0.1) is 5.69 Å². The Bertz CT molecular complexity index is 300. The molecule has 0 saturated heterocycles. The first-order valence-electron chi connectivity index (χ1n) is 2.77. The summed E-state index contributed by atoms with van der Waals surface area (Å²) in [7, 11) is 0. The van der Waals surface area contributed by atoms with E-state index in [-0.39, 0.29) is 0 Å². The fourth-order valence-electron chi connectivity index (χ4n) is 0.622. The Balaban J connectivity index is 3.35. The van der Waals surface area contributed by atoms with E-state index >= 15 is 0 Å². The van der Waals surface area contributed by atoms with Gasteiger partial charge in [0.15, 0.2) is 0 Å². The zero-order valence-corrected chi connectivity index (χ0v) is 7.78. The smallest absolute Gasteiger partial charge is 0.131 e. The number of rotatable bonds is 1. The molecule has 1 aromatic heterocycles. The summed E-state index contributed by atoms with van der Waals surface area (Å²) in [5, 5.41) is 7.25. The van der Waals surface area contributed by atoms with Crippen molar-refractivity contribution in [3.05, 3.63) is 21.4 Å². The first-order valence-corrected chi connectivity index (χ1v) is 3.94. The second-order valence-corrected chi connectivity index (χ2v) is 3.11. The van der Waals surface area contributed by atoms with Crippen molar-refractivity contribution in [1.29, 1.82) is 5.41 Å². The van der Waals surface area contributed by atoms with Crippen LogP contribution in [0.1, 0.15) is 5.69 Å². The lowest BCUT2D eigenvalue weighted by atomic mass is 10.3. The topological polar surface area (TPSA) is 62.8 Å². The van der Waals surface area contributed by atoms with Crippen molar-refractivity contribution in [3.63, 3.8) is 0 Å². The molecule has 0 bridgehead atoms. The predicted octanol–water partition coefficient (Wildman–Crippen LogP) is 2.08. The van der Waals surface area contributed by atoms with E-state index in [1.54, 1.807) is 6.07 Å². The van der Waals surface area contributed by atoms with Crippen molar-refractivity contribution >= 4 is 39.4 Å². The molecule has 11 heavy (non-hydrogen) atoms. The van der Waals surface area contributed by atoms with Crippen LogP contribution in [-0.4, -0.2) is 11.2 Å². The molecule has 3 nitrogen and oxygen atoms in total. The SMILES string of the molecule is N=Cc1nc(Cl)cc(Br)c1N. The molecule has 0 radical (unpaired) electrons. The number of nitrogens with one attached hydrogen (secondary N) is 1. The van der Waals surface area contributed by atoms with Gasteiger partial charge in [-0.05, 0) is 22.0 Å². The highest BCUT2D eigenvalue weighted by Crippen LogP contribution is 2.23. The highest BCUT2D eigenvalue weighted by molar-refractivity contribution is 9.10. The molecule has 0 atom stereocenters. The van der Waals surface area contributed by atoms with Crippen LogP contribution in [0.25, 0.3) is 0 Å². The van der Waals surface area contributed by atoms with Crippen molar-refractivity contribution in [2.24, 2.45) is 0 Å². The van der Waals surface area contributed by atoms with E-state index in [0.717, 1.165) is 6.21 Å². The summed E-state index contributed by atoms with van der Waals surface area (Å²) < 4.78 is 0.663. The molecule has 1 rings (SSSR count). The molecule has 0 unspecified atom stereocenters. The molecular weight excluding hydrogens is 229 g/mol. The molecule has 0 amide bonds. The Morgan fingerprint density at radius 3 is 2.91 bits per heavy atom. The van der Waals surface area contributed by atoms with Crippen LogP contribution in [0.5, 0.6) is 0 Å². The summed E-state index contributed by atoms with van der Waals surface area (Å²) in [6.45, 7) is 0. The number of hydrogen-bond acceptors (Lipinski definition) is 3. The van der Waals surface area contributed by atoms with Gasteiger partial charge in [-0.3, -0.25) is 0 Å². The third-order valence-electron chi connectivity index (χ3n) is 1.14. The number of nitrogens with zero attached hydrogens (tertiary/aromatic N) is 1. The van der Waals surface area contributed by atoms with Gasteiger partial charge in [0.2, 0.25) is 0 Å². The van der Waals surface area contributed by atoms with E-state index < -0.39 is 0 Å². The Hall–Kier alpha value is -0.610. The molecule has 0 aromatic carbocycles. The normalized spacial score (nSPS) is 9.64.